The van der Waals surface area contributed by atoms with E-state index in [9.17, 15) is 10.2 Å². The van der Waals surface area contributed by atoms with Crippen molar-refractivity contribution in [2.24, 2.45) is 0 Å². The minimum absolute atomic E-state index is 0.0795. The van der Waals surface area contributed by atoms with Crippen molar-refractivity contribution in [2.45, 2.75) is 56.8 Å². The number of phenols is 2. The van der Waals surface area contributed by atoms with Gasteiger partial charge in [0, 0.05) is 16.5 Å². The summed E-state index contributed by atoms with van der Waals surface area (Å²) in [7, 11) is 0. The zero-order valence-corrected chi connectivity index (χ0v) is 14.3. The first-order valence-corrected chi connectivity index (χ1v) is 8.35. The van der Waals surface area contributed by atoms with Gasteiger partial charge >= 0.3 is 0 Å². The number of hydrogen-bond acceptors (Lipinski definition) is 2. The van der Waals surface area contributed by atoms with Crippen molar-refractivity contribution in [1.82, 2.24) is 0 Å². The number of hydrogen-bond donors (Lipinski definition) is 2. The molecule has 0 heterocycles. The summed E-state index contributed by atoms with van der Waals surface area (Å²) in [5.41, 5.74) is 4.35. The van der Waals surface area contributed by atoms with Crippen LogP contribution in [0.25, 0.3) is 0 Å². The third-order valence-electron chi connectivity index (χ3n) is 5.96. The van der Waals surface area contributed by atoms with Gasteiger partial charge in [-0.2, -0.15) is 0 Å². The van der Waals surface area contributed by atoms with Crippen LogP contribution in [0.3, 0.4) is 0 Å². The summed E-state index contributed by atoms with van der Waals surface area (Å²) < 4.78 is 0. The first-order valence-electron chi connectivity index (χ1n) is 8.35. The summed E-state index contributed by atoms with van der Waals surface area (Å²) in [6.45, 7) is 8.87. The minimum Gasteiger partial charge on any atom is -0.508 e. The normalized spacial score (nSPS) is 22.1. The molecule has 0 fully saturated rings. The smallest absolute Gasteiger partial charge is 0.119 e. The highest BCUT2D eigenvalue weighted by molar-refractivity contribution is 5.64. The molecular weight excluding hydrogens is 284 g/mol. The topological polar surface area (TPSA) is 40.5 Å². The molecule has 0 aliphatic heterocycles. The van der Waals surface area contributed by atoms with E-state index in [1.165, 1.54) is 11.1 Å². The maximum Gasteiger partial charge on any atom is 0.119 e. The number of aromatic hydroxyl groups is 2. The fraction of sp³-hybridized carbons (Fsp3) is 0.429. The second-order valence-electron chi connectivity index (χ2n) is 8.60. The van der Waals surface area contributed by atoms with Crippen molar-refractivity contribution < 1.29 is 10.2 Å². The Balaban J connectivity index is 2.08. The molecule has 0 unspecified atom stereocenters. The molecule has 0 radical (unpaired) electrons. The Morgan fingerprint density at radius 1 is 0.696 bits per heavy atom. The van der Waals surface area contributed by atoms with Crippen LogP contribution >= 0.6 is 0 Å². The van der Waals surface area contributed by atoms with Gasteiger partial charge in [0.05, 0.1) is 0 Å². The van der Waals surface area contributed by atoms with Gasteiger partial charge in [-0.25, -0.2) is 0 Å². The van der Waals surface area contributed by atoms with Crippen molar-refractivity contribution in [2.75, 3.05) is 0 Å². The molecule has 2 aromatic rings. The van der Waals surface area contributed by atoms with Crippen LogP contribution in [-0.2, 0) is 16.2 Å². The second kappa shape index (κ2) is 4.11. The molecule has 23 heavy (non-hydrogen) atoms. The average molecular weight is 308 g/mol. The maximum atomic E-state index is 10.5. The lowest BCUT2D eigenvalue weighted by atomic mass is 9.72. The summed E-state index contributed by atoms with van der Waals surface area (Å²) in [6.07, 6.45) is 1.93. The van der Waals surface area contributed by atoms with Crippen LogP contribution in [0.5, 0.6) is 11.5 Å². The quantitative estimate of drug-likeness (QED) is 0.737. The summed E-state index contributed by atoms with van der Waals surface area (Å²) in [5.74, 6) is 0.798. The highest BCUT2D eigenvalue weighted by Crippen LogP contribution is 2.64. The lowest BCUT2D eigenvalue weighted by Gasteiger charge is -2.30. The van der Waals surface area contributed by atoms with Crippen molar-refractivity contribution in [1.29, 1.82) is 0 Å². The van der Waals surface area contributed by atoms with E-state index in [2.05, 4.69) is 39.8 Å². The van der Waals surface area contributed by atoms with Crippen LogP contribution < -0.4 is 0 Å². The van der Waals surface area contributed by atoms with Crippen LogP contribution in [0.4, 0.5) is 0 Å². The Hall–Kier alpha value is -1.96. The third kappa shape index (κ3) is 1.69. The monoisotopic (exact) mass is 308 g/mol. The molecule has 4 rings (SSSR count). The summed E-state index contributed by atoms with van der Waals surface area (Å²) in [6, 6.07) is 11.8. The third-order valence-corrected chi connectivity index (χ3v) is 5.96. The van der Waals surface area contributed by atoms with E-state index in [-0.39, 0.29) is 16.2 Å². The summed E-state index contributed by atoms with van der Waals surface area (Å²) >= 11 is 0. The minimum atomic E-state index is -0.116. The molecule has 0 atom stereocenters. The lowest BCUT2D eigenvalue weighted by molar-refractivity contribution is 0.344. The van der Waals surface area contributed by atoms with Gasteiger partial charge < -0.3 is 10.2 Å². The number of phenolic OH excluding ortho intramolecular Hbond substituents is 2. The predicted octanol–water partition coefficient (Wildman–Crippen LogP) is 4.75. The number of fused-ring (bicyclic) bond motifs is 4. The van der Waals surface area contributed by atoms with Gasteiger partial charge in [0.15, 0.2) is 0 Å². The van der Waals surface area contributed by atoms with Gasteiger partial charge in [0.2, 0.25) is 0 Å². The van der Waals surface area contributed by atoms with Gasteiger partial charge in [-0.3, -0.25) is 0 Å². The van der Waals surface area contributed by atoms with Crippen LogP contribution in [0.1, 0.15) is 62.8 Å². The highest BCUT2D eigenvalue weighted by Gasteiger charge is 2.57. The molecule has 120 valence electrons. The van der Waals surface area contributed by atoms with Gasteiger partial charge in [-0.05, 0) is 46.9 Å². The van der Waals surface area contributed by atoms with Gasteiger partial charge in [-0.1, -0.05) is 52.0 Å². The van der Waals surface area contributed by atoms with Crippen LogP contribution in [0, 0.1) is 0 Å². The van der Waals surface area contributed by atoms with Crippen molar-refractivity contribution in [3.63, 3.8) is 0 Å². The number of rotatable bonds is 0. The first kappa shape index (κ1) is 14.6. The molecule has 2 aliphatic carbocycles. The predicted molar refractivity (Wildman–Crippen MR) is 92.3 cm³/mol. The lowest BCUT2D eigenvalue weighted by Crippen LogP contribution is -2.26. The van der Waals surface area contributed by atoms with Gasteiger partial charge in [0.1, 0.15) is 11.5 Å². The standard InChI is InChI=1S/C21H24O2/c1-19(2)11-21(13-7-5-9-15(22)17(13)19)12-20(3,4)18-14(21)8-6-10-16(18)23/h5-10,22-23H,11-12H2,1-4H3. The molecule has 2 aliphatic rings. The molecule has 0 aromatic heterocycles. The Morgan fingerprint density at radius 3 is 1.48 bits per heavy atom. The summed E-state index contributed by atoms with van der Waals surface area (Å²) in [5, 5.41) is 21.0. The largest absolute Gasteiger partial charge is 0.508 e. The van der Waals surface area contributed by atoms with Crippen LogP contribution in [-0.4, -0.2) is 10.2 Å². The second-order valence-corrected chi connectivity index (χ2v) is 8.60. The Labute approximate surface area is 137 Å². The zero-order valence-electron chi connectivity index (χ0n) is 14.3. The Kier molecular flexibility index (Phi) is 2.61. The van der Waals surface area contributed by atoms with E-state index in [0.717, 1.165) is 24.0 Å². The molecular formula is C21H24O2. The van der Waals surface area contributed by atoms with E-state index in [0.29, 0.717) is 11.5 Å². The van der Waals surface area contributed by atoms with E-state index in [4.69, 9.17) is 0 Å². The number of benzene rings is 2. The molecule has 0 saturated heterocycles. The molecule has 0 bridgehead atoms. The van der Waals surface area contributed by atoms with Crippen LogP contribution in [0.2, 0.25) is 0 Å². The Bertz CT molecular complexity index is 745. The molecule has 0 amide bonds. The highest BCUT2D eigenvalue weighted by atomic mass is 16.3. The van der Waals surface area contributed by atoms with Crippen molar-refractivity contribution >= 4 is 0 Å². The molecule has 2 N–H and O–H groups in total. The summed E-state index contributed by atoms with van der Waals surface area (Å²) in [4.78, 5) is 0. The molecule has 2 nitrogen and oxygen atoms in total. The zero-order chi connectivity index (χ0) is 16.6. The average Bonchev–Trinajstić information content (AvgIpc) is 2.80. The SMILES string of the molecule is CC1(C)CC2(CC(C)(C)c3c(O)cccc32)c2cccc(O)c21. The fourth-order valence-corrected chi connectivity index (χ4v) is 5.57. The van der Waals surface area contributed by atoms with E-state index >= 15 is 0 Å². The maximum absolute atomic E-state index is 10.5. The fourth-order valence-electron chi connectivity index (χ4n) is 5.57. The molecule has 1 spiro atoms. The van der Waals surface area contributed by atoms with E-state index < -0.39 is 0 Å². The van der Waals surface area contributed by atoms with Crippen molar-refractivity contribution in [3.8, 4) is 11.5 Å². The molecule has 2 heteroatoms. The Morgan fingerprint density at radius 2 is 1.09 bits per heavy atom. The van der Waals surface area contributed by atoms with Crippen molar-refractivity contribution in [3.05, 3.63) is 58.7 Å². The molecule has 2 aromatic carbocycles. The van der Waals surface area contributed by atoms with E-state index in [1.807, 2.05) is 12.1 Å². The molecule has 0 saturated carbocycles. The van der Waals surface area contributed by atoms with Crippen LogP contribution in [0.15, 0.2) is 36.4 Å². The van der Waals surface area contributed by atoms with Gasteiger partial charge in [-0.15, -0.1) is 0 Å². The first-order chi connectivity index (χ1) is 10.7. The van der Waals surface area contributed by atoms with Gasteiger partial charge in [0.25, 0.3) is 0 Å². The van der Waals surface area contributed by atoms with E-state index in [1.54, 1.807) is 12.1 Å².